The van der Waals surface area contributed by atoms with E-state index in [-0.39, 0.29) is 16.3 Å². The molecular formula is C12H15NO2S. The van der Waals surface area contributed by atoms with Gasteiger partial charge in [0.25, 0.3) is 0 Å². The summed E-state index contributed by atoms with van der Waals surface area (Å²) in [6.45, 7) is 3.38. The molecule has 1 amide bonds. The maximum absolute atomic E-state index is 11.6. The Labute approximate surface area is 99.6 Å². The van der Waals surface area contributed by atoms with E-state index in [9.17, 15) is 9.59 Å². The van der Waals surface area contributed by atoms with Gasteiger partial charge in [-0.25, -0.2) is 0 Å². The molecule has 1 rings (SSSR count). The molecule has 3 nitrogen and oxygen atoms in total. The Morgan fingerprint density at radius 2 is 1.94 bits per heavy atom. The topological polar surface area (TPSA) is 46.2 Å². The van der Waals surface area contributed by atoms with Crippen LogP contribution in [-0.4, -0.2) is 16.3 Å². The molecule has 4 heteroatoms. The molecule has 0 aliphatic carbocycles. The van der Waals surface area contributed by atoms with E-state index in [2.05, 4.69) is 5.32 Å². The van der Waals surface area contributed by atoms with Crippen molar-refractivity contribution in [3.63, 3.8) is 0 Å². The molecule has 1 atom stereocenters. The summed E-state index contributed by atoms with van der Waals surface area (Å²) in [5.74, 6) is -0.0625. The molecule has 0 spiro atoms. The minimum Gasteiger partial charge on any atom is -0.326 e. The van der Waals surface area contributed by atoms with Gasteiger partial charge < -0.3 is 5.32 Å². The molecule has 0 aromatic heterocycles. The summed E-state index contributed by atoms with van der Waals surface area (Å²) in [5, 5.41) is 2.84. The van der Waals surface area contributed by atoms with E-state index < -0.39 is 0 Å². The predicted molar refractivity (Wildman–Crippen MR) is 67.4 cm³/mol. The quantitative estimate of drug-likeness (QED) is 0.875. The maximum Gasteiger partial charge on any atom is 0.225 e. The number of nitrogens with one attached hydrogen (secondary N) is 1. The Balaban J connectivity index is 2.39. The summed E-state index contributed by atoms with van der Waals surface area (Å²) >= 11 is 1.19. The Morgan fingerprint density at radius 3 is 2.50 bits per heavy atom. The lowest BCUT2D eigenvalue weighted by Gasteiger charge is -2.09. The van der Waals surface area contributed by atoms with Crippen LogP contribution in [0, 0.1) is 0 Å². The Kier molecular flexibility index (Phi) is 5.05. The predicted octanol–water partition coefficient (Wildman–Crippen LogP) is 2.68. The molecule has 0 saturated carbocycles. The van der Waals surface area contributed by atoms with E-state index in [0.717, 1.165) is 5.69 Å². The first-order valence-corrected chi connectivity index (χ1v) is 5.98. The minimum absolute atomic E-state index is 0.0150. The van der Waals surface area contributed by atoms with Crippen molar-refractivity contribution in [2.24, 2.45) is 0 Å². The number of amides is 1. The number of hydrogen-bond acceptors (Lipinski definition) is 3. The fraction of sp³-hybridized carbons (Fsp3) is 0.333. The van der Waals surface area contributed by atoms with Crippen molar-refractivity contribution >= 4 is 28.5 Å². The minimum atomic E-state index is -0.0625. The molecule has 16 heavy (non-hydrogen) atoms. The van der Waals surface area contributed by atoms with Crippen LogP contribution in [0.2, 0.25) is 0 Å². The largest absolute Gasteiger partial charge is 0.326 e. The van der Waals surface area contributed by atoms with Crippen molar-refractivity contribution in [2.75, 3.05) is 5.32 Å². The van der Waals surface area contributed by atoms with Gasteiger partial charge in [-0.1, -0.05) is 36.9 Å². The SMILES string of the molecule is CC(=O)S[C@H](C)CC(=O)Nc1ccccc1. The van der Waals surface area contributed by atoms with E-state index in [1.54, 1.807) is 0 Å². The van der Waals surface area contributed by atoms with Gasteiger partial charge in [0, 0.05) is 24.3 Å². The highest BCUT2D eigenvalue weighted by Gasteiger charge is 2.11. The monoisotopic (exact) mass is 237 g/mol. The van der Waals surface area contributed by atoms with Crippen LogP contribution in [0.5, 0.6) is 0 Å². The van der Waals surface area contributed by atoms with Crippen LogP contribution in [0.15, 0.2) is 30.3 Å². The highest BCUT2D eigenvalue weighted by molar-refractivity contribution is 8.14. The van der Waals surface area contributed by atoms with Crippen LogP contribution in [-0.2, 0) is 9.59 Å². The highest BCUT2D eigenvalue weighted by Crippen LogP contribution is 2.15. The molecular weight excluding hydrogens is 222 g/mol. The van der Waals surface area contributed by atoms with E-state index >= 15 is 0 Å². The smallest absolute Gasteiger partial charge is 0.225 e. The number of anilines is 1. The van der Waals surface area contributed by atoms with Gasteiger partial charge in [-0.2, -0.15) is 0 Å². The fourth-order valence-electron chi connectivity index (χ4n) is 1.32. The summed E-state index contributed by atoms with van der Waals surface area (Å²) in [5.41, 5.74) is 0.785. The van der Waals surface area contributed by atoms with Gasteiger partial charge >= 0.3 is 0 Å². The lowest BCUT2D eigenvalue weighted by atomic mass is 10.3. The van der Waals surface area contributed by atoms with Crippen LogP contribution in [0.1, 0.15) is 20.3 Å². The molecule has 0 aliphatic heterocycles. The normalized spacial score (nSPS) is 11.9. The van der Waals surface area contributed by atoms with Gasteiger partial charge in [0.15, 0.2) is 5.12 Å². The third-order valence-corrected chi connectivity index (χ3v) is 2.80. The van der Waals surface area contributed by atoms with E-state index in [4.69, 9.17) is 0 Å². The molecule has 1 aromatic carbocycles. The van der Waals surface area contributed by atoms with E-state index in [0.29, 0.717) is 6.42 Å². The molecule has 1 aromatic rings. The zero-order valence-corrected chi connectivity index (χ0v) is 10.2. The number of rotatable bonds is 4. The molecule has 0 bridgehead atoms. The zero-order valence-electron chi connectivity index (χ0n) is 9.40. The van der Waals surface area contributed by atoms with Gasteiger partial charge in [0.1, 0.15) is 0 Å². The van der Waals surface area contributed by atoms with Gasteiger partial charge in [0.05, 0.1) is 0 Å². The number of benzene rings is 1. The van der Waals surface area contributed by atoms with Crippen LogP contribution < -0.4 is 5.32 Å². The third kappa shape index (κ3) is 4.98. The maximum atomic E-state index is 11.6. The Hall–Kier alpha value is -1.29. The van der Waals surface area contributed by atoms with Crippen molar-refractivity contribution in [3.8, 4) is 0 Å². The molecule has 0 unspecified atom stereocenters. The lowest BCUT2D eigenvalue weighted by Crippen LogP contribution is -2.16. The lowest BCUT2D eigenvalue weighted by molar-refractivity contribution is -0.116. The summed E-state index contributed by atoms with van der Waals surface area (Å²) in [6.07, 6.45) is 0.346. The van der Waals surface area contributed by atoms with Crippen LogP contribution >= 0.6 is 11.8 Å². The van der Waals surface area contributed by atoms with Crippen LogP contribution in [0.4, 0.5) is 5.69 Å². The average Bonchev–Trinajstić information content (AvgIpc) is 2.17. The molecule has 0 saturated heterocycles. The average molecular weight is 237 g/mol. The molecule has 0 heterocycles. The standard InChI is InChI=1S/C12H15NO2S/c1-9(16-10(2)14)8-12(15)13-11-6-4-3-5-7-11/h3-7,9H,8H2,1-2H3,(H,13,15)/t9-/m1/s1. The Bertz CT molecular complexity index is 365. The zero-order chi connectivity index (χ0) is 12.0. The third-order valence-electron chi connectivity index (χ3n) is 1.90. The van der Waals surface area contributed by atoms with E-state index in [1.165, 1.54) is 18.7 Å². The highest BCUT2D eigenvalue weighted by atomic mass is 32.2. The van der Waals surface area contributed by atoms with Gasteiger partial charge in [-0.05, 0) is 12.1 Å². The van der Waals surface area contributed by atoms with Gasteiger partial charge in [-0.15, -0.1) is 0 Å². The van der Waals surface area contributed by atoms with E-state index in [1.807, 2.05) is 37.3 Å². The second-order valence-electron chi connectivity index (χ2n) is 3.54. The second-order valence-corrected chi connectivity index (χ2v) is 5.15. The molecule has 0 aliphatic rings. The molecule has 0 radical (unpaired) electrons. The summed E-state index contributed by atoms with van der Waals surface area (Å²) < 4.78 is 0. The fourth-order valence-corrected chi connectivity index (χ4v) is 2.12. The van der Waals surface area contributed by atoms with Crippen LogP contribution in [0.25, 0.3) is 0 Å². The first-order chi connectivity index (χ1) is 7.58. The molecule has 86 valence electrons. The van der Waals surface area contributed by atoms with Crippen LogP contribution in [0.3, 0.4) is 0 Å². The van der Waals surface area contributed by atoms with Crippen molar-refractivity contribution in [2.45, 2.75) is 25.5 Å². The first kappa shape index (κ1) is 12.8. The van der Waals surface area contributed by atoms with Gasteiger partial charge in [0.2, 0.25) is 5.91 Å². The van der Waals surface area contributed by atoms with Crippen molar-refractivity contribution in [1.29, 1.82) is 0 Å². The first-order valence-electron chi connectivity index (χ1n) is 5.10. The number of thioether (sulfide) groups is 1. The second kappa shape index (κ2) is 6.33. The van der Waals surface area contributed by atoms with Gasteiger partial charge in [-0.3, -0.25) is 9.59 Å². The van der Waals surface area contributed by atoms with Crippen molar-refractivity contribution in [3.05, 3.63) is 30.3 Å². The Morgan fingerprint density at radius 1 is 1.31 bits per heavy atom. The number of para-hydroxylation sites is 1. The number of carbonyl (C=O) groups is 2. The summed E-state index contributed by atoms with van der Waals surface area (Å²) in [6, 6.07) is 9.29. The molecule has 1 N–H and O–H groups in total. The van der Waals surface area contributed by atoms with Crippen molar-refractivity contribution < 1.29 is 9.59 Å². The summed E-state index contributed by atoms with van der Waals surface area (Å²) in [7, 11) is 0. The summed E-state index contributed by atoms with van der Waals surface area (Å²) in [4.78, 5) is 22.4. The molecule has 0 fully saturated rings. The number of carbonyl (C=O) groups excluding carboxylic acids is 2. The number of hydrogen-bond donors (Lipinski definition) is 1. The van der Waals surface area contributed by atoms with Crippen molar-refractivity contribution in [1.82, 2.24) is 0 Å².